The van der Waals surface area contributed by atoms with Crippen LogP contribution in [0.4, 0.5) is 0 Å². The van der Waals surface area contributed by atoms with Gasteiger partial charge >= 0.3 is 0 Å². The van der Waals surface area contributed by atoms with Crippen LogP contribution in [0.5, 0.6) is 5.75 Å². The number of unbranched alkanes of at least 4 members (excludes halogenated alkanes) is 1. The number of aryl methyl sites for hydroxylation is 1. The van der Waals surface area contributed by atoms with Crippen LogP contribution in [0.1, 0.15) is 36.5 Å². The second kappa shape index (κ2) is 6.66. The Balaban J connectivity index is 2.18. The molecule has 96 valence electrons. The molecule has 1 heteroatoms. The maximum Gasteiger partial charge on any atom is 0.131 e. The van der Waals surface area contributed by atoms with Crippen molar-refractivity contribution in [3.05, 3.63) is 65.2 Å². The third kappa shape index (κ3) is 3.89. The molecular formula is C18H18O. The SMILES string of the molecule is CCCCc1cccc(C#Cc2ccccc2O)c1. The summed E-state index contributed by atoms with van der Waals surface area (Å²) in [6.07, 6.45) is 3.51. The number of phenolic OH excluding ortho intramolecular Hbond substituents is 1. The molecule has 0 bridgehead atoms. The highest BCUT2D eigenvalue weighted by molar-refractivity contribution is 5.49. The second-order valence-corrected chi connectivity index (χ2v) is 4.57. The second-order valence-electron chi connectivity index (χ2n) is 4.57. The highest BCUT2D eigenvalue weighted by Gasteiger charge is 1.95. The summed E-state index contributed by atoms with van der Waals surface area (Å²) in [5.74, 6) is 6.35. The Labute approximate surface area is 114 Å². The van der Waals surface area contributed by atoms with Gasteiger partial charge in [-0.15, -0.1) is 0 Å². The fourth-order valence-electron chi connectivity index (χ4n) is 1.90. The molecule has 0 aliphatic heterocycles. The van der Waals surface area contributed by atoms with E-state index in [0.29, 0.717) is 5.56 Å². The Bertz CT molecular complexity index is 602. The van der Waals surface area contributed by atoms with Gasteiger partial charge in [0.25, 0.3) is 0 Å². The van der Waals surface area contributed by atoms with Crippen molar-refractivity contribution in [3.63, 3.8) is 0 Å². The van der Waals surface area contributed by atoms with Crippen LogP contribution in [0, 0.1) is 11.8 Å². The summed E-state index contributed by atoms with van der Waals surface area (Å²) in [5, 5.41) is 9.66. The van der Waals surface area contributed by atoms with E-state index in [9.17, 15) is 5.11 Å². The van der Waals surface area contributed by atoms with Gasteiger partial charge in [0.1, 0.15) is 5.75 Å². The van der Waals surface area contributed by atoms with Gasteiger partial charge in [-0.25, -0.2) is 0 Å². The normalized spacial score (nSPS) is 9.74. The Morgan fingerprint density at radius 2 is 1.84 bits per heavy atom. The molecular weight excluding hydrogens is 232 g/mol. The lowest BCUT2D eigenvalue weighted by atomic mass is 10.1. The van der Waals surface area contributed by atoms with Gasteiger partial charge in [-0.3, -0.25) is 0 Å². The number of benzene rings is 2. The summed E-state index contributed by atoms with van der Waals surface area (Å²) in [5.41, 5.74) is 2.99. The predicted octanol–water partition coefficient (Wildman–Crippen LogP) is 4.13. The van der Waals surface area contributed by atoms with E-state index in [0.717, 1.165) is 12.0 Å². The zero-order valence-corrected chi connectivity index (χ0v) is 11.2. The molecule has 0 saturated carbocycles. The largest absolute Gasteiger partial charge is 0.507 e. The van der Waals surface area contributed by atoms with Gasteiger partial charge in [0.05, 0.1) is 5.56 Å². The smallest absolute Gasteiger partial charge is 0.131 e. The van der Waals surface area contributed by atoms with Crippen molar-refractivity contribution in [3.8, 4) is 17.6 Å². The van der Waals surface area contributed by atoms with Crippen LogP contribution in [0.3, 0.4) is 0 Å². The molecule has 1 nitrogen and oxygen atoms in total. The fraction of sp³-hybridized carbons (Fsp3) is 0.222. The van der Waals surface area contributed by atoms with Gasteiger partial charge < -0.3 is 5.11 Å². The minimum Gasteiger partial charge on any atom is -0.507 e. The van der Waals surface area contributed by atoms with E-state index in [1.807, 2.05) is 24.3 Å². The Hall–Kier alpha value is -2.20. The Morgan fingerprint density at radius 3 is 2.63 bits per heavy atom. The summed E-state index contributed by atoms with van der Waals surface area (Å²) in [4.78, 5) is 0. The van der Waals surface area contributed by atoms with Gasteiger partial charge in [-0.1, -0.05) is 49.5 Å². The van der Waals surface area contributed by atoms with Gasteiger partial charge in [-0.2, -0.15) is 0 Å². The van der Waals surface area contributed by atoms with E-state index in [4.69, 9.17) is 0 Å². The van der Waals surface area contributed by atoms with Crippen molar-refractivity contribution in [1.29, 1.82) is 0 Å². The van der Waals surface area contributed by atoms with Crippen LogP contribution in [0.25, 0.3) is 0 Å². The molecule has 2 aromatic carbocycles. The first kappa shape index (κ1) is 13.2. The number of phenols is 1. The van der Waals surface area contributed by atoms with Crippen LogP contribution in [0.15, 0.2) is 48.5 Å². The van der Waals surface area contributed by atoms with Crippen LogP contribution >= 0.6 is 0 Å². The van der Waals surface area contributed by atoms with Gasteiger partial charge in [-0.05, 0) is 42.7 Å². The summed E-state index contributed by atoms with van der Waals surface area (Å²) >= 11 is 0. The maximum atomic E-state index is 9.66. The zero-order chi connectivity index (χ0) is 13.5. The first-order chi connectivity index (χ1) is 9.29. The minimum atomic E-state index is 0.233. The molecule has 1 N–H and O–H groups in total. The van der Waals surface area contributed by atoms with Crippen LogP contribution in [0.2, 0.25) is 0 Å². The molecule has 2 rings (SSSR count). The van der Waals surface area contributed by atoms with Gasteiger partial charge in [0, 0.05) is 5.56 Å². The molecule has 0 spiro atoms. The van der Waals surface area contributed by atoms with Crippen molar-refractivity contribution in [2.45, 2.75) is 26.2 Å². The van der Waals surface area contributed by atoms with Crippen molar-refractivity contribution in [2.24, 2.45) is 0 Å². The number of hydrogen-bond acceptors (Lipinski definition) is 1. The molecule has 19 heavy (non-hydrogen) atoms. The predicted molar refractivity (Wildman–Crippen MR) is 79.1 cm³/mol. The summed E-state index contributed by atoms with van der Waals surface area (Å²) < 4.78 is 0. The number of aromatic hydroxyl groups is 1. The molecule has 0 radical (unpaired) electrons. The summed E-state index contributed by atoms with van der Waals surface area (Å²) in [6.45, 7) is 2.20. The molecule has 0 atom stereocenters. The maximum absolute atomic E-state index is 9.66. The van der Waals surface area contributed by atoms with Crippen LogP contribution in [-0.2, 0) is 6.42 Å². The highest BCUT2D eigenvalue weighted by atomic mass is 16.3. The monoisotopic (exact) mass is 250 g/mol. The molecule has 0 unspecified atom stereocenters. The van der Waals surface area contributed by atoms with E-state index in [1.165, 1.54) is 18.4 Å². The lowest BCUT2D eigenvalue weighted by Gasteiger charge is -2.00. The Morgan fingerprint density at radius 1 is 1.00 bits per heavy atom. The summed E-state index contributed by atoms with van der Waals surface area (Å²) in [6, 6.07) is 15.5. The number of rotatable bonds is 3. The molecule has 0 fully saturated rings. The first-order valence-corrected chi connectivity index (χ1v) is 6.68. The van der Waals surface area contributed by atoms with Crippen molar-refractivity contribution < 1.29 is 5.11 Å². The molecule has 0 aromatic heterocycles. The highest BCUT2D eigenvalue weighted by Crippen LogP contribution is 2.14. The third-order valence-corrected chi connectivity index (χ3v) is 2.99. The van der Waals surface area contributed by atoms with Crippen LogP contribution in [-0.4, -0.2) is 5.11 Å². The minimum absolute atomic E-state index is 0.233. The zero-order valence-electron chi connectivity index (χ0n) is 11.2. The Kier molecular flexibility index (Phi) is 4.64. The number of hydrogen-bond donors (Lipinski definition) is 1. The van der Waals surface area contributed by atoms with E-state index < -0.39 is 0 Å². The van der Waals surface area contributed by atoms with E-state index >= 15 is 0 Å². The van der Waals surface area contributed by atoms with Crippen LogP contribution < -0.4 is 0 Å². The first-order valence-electron chi connectivity index (χ1n) is 6.68. The van der Waals surface area contributed by atoms with Crippen molar-refractivity contribution >= 4 is 0 Å². The fourth-order valence-corrected chi connectivity index (χ4v) is 1.90. The van der Waals surface area contributed by atoms with E-state index in [-0.39, 0.29) is 5.75 Å². The third-order valence-electron chi connectivity index (χ3n) is 2.99. The standard InChI is InChI=1S/C18H18O/c1-2-3-7-15-8-6-9-16(14-15)12-13-17-10-4-5-11-18(17)19/h4-6,8-11,14,19H,2-3,7H2,1H3. The molecule has 2 aromatic rings. The topological polar surface area (TPSA) is 20.2 Å². The lowest BCUT2D eigenvalue weighted by Crippen LogP contribution is -1.85. The summed E-state index contributed by atoms with van der Waals surface area (Å²) in [7, 11) is 0. The molecule has 0 aliphatic carbocycles. The van der Waals surface area contributed by atoms with E-state index in [1.54, 1.807) is 12.1 Å². The molecule has 0 heterocycles. The number of para-hydroxylation sites is 1. The lowest BCUT2D eigenvalue weighted by molar-refractivity contribution is 0.473. The molecule has 0 amide bonds. The van der Waals surface area contributed by atoms with Crippen molar-refractivity contribution in [1.82, 2.24) is 0 Å². The average molecular weight is 250 g/mol. The van der Waals surface area contributed by atoms with Gasteiger partial charge in [0.15, 0.2) is 0 Å². The quantitative estimate of drug-likeness (QED) is 0.812. The average Bonchev–Trinajstić information content (AvgIpc) is 2.45. The van der Waals surface area contributed by atoms with E-state index in [2.05, 4.69) is 30.9 Å². The molecule has 0 saturated heterocycles. The van der Waals surface area contributed by atoms with Gasteiger partial charge in [0.2, 0.25) is 0 Å². The molecule has 0 aliphatic rings. The van der Waals surface area contributed by atoms with Crippen molar-refractivity contribution in [2.75, 3.05) is 0 Å².